The molecule has 0 spiro atoms. The molecule has 4 heteroatoms. The van der Waals surface area contributed by atoms with E-state index in [2.05, 4.69) is 10.2 Å². The fraction of sp³-hybridized carbons (Fsp3) is 0.778. The Kier molecular flexibility index (Phi) is 3.26. The largest absolute Gasteiger partial charge is 0.350 e. The Bertz CT molecular complexity index is 228. The highest BCUT2D eigenvalue weighted by atomic mass is 16.2. The second-order valence-corrected chi connectivity index (χ2v) is 3.52. The number of hydrogen-bond donors (Lipinski definition) is 1. The summed E-state index contributed by atoms with van der Waals surface area (Å²) < 4.78 is 0. The van der Waals surface area contributed by atoms with Gasteiger partial charge in [-0.15, -0.1) is 0 Å². The van der Waals surface area contributed by atoms with Crippen molar-refractivity contribution in [1.82, 2.24) is 10.2 Å². The van der Waals surface area contributed by atoms with Gasteiger partial charge in [0, 0.05) is 13.1 Å². The van der Waals surface area contributed by atoms with Crippen LogP contribution in [-0.4, -0.2) is 37.0 Å². The zero-order valence-corrected chi connectivity index (χ0v) is 8.08. The van der Waals surface area contributed by atoms with Gasteiger partial charge in [-0.1, -0.05) is 6.92 Å². The van der Waals surface area contributed by atoms with Crippen molar-refractivity contribution < 1.29 is 4.79 Å². The third-order valence-electron chi connectivity index (χ3n) is 2.29. The van der Waals surface area contributed by atoms with Gasteiger partial charge in [-0.2, -0.15) is 5.26 Å². The predicted molar refractivity (Wildman–Crippen MR) is 48.8 cm³/mol. The average Bonchev–Trinajstić information content (AvgIpc) is 2.04. The average molecular weight is 181 g/mol. The molecule has 0 aliphatic carbocycles. The maximum Gasteiger partial charge on any atom is 0.237 e. The lowest BCUT2D eigenvalue weighted by atomic mass is 10.1. The number of nitriles is 1. The summed E-state index contributed by atoms with van der Waals surface area (Å²) >= 11 is 0. The first-order valence-electron chi connectivity index (χ1n) is 4.56. The lowest BCUT2D eigenvalue weighted by molar-refractivity contribution is -0.125. The summed E-state index contributed by atoms with van der Waals surface area (Å²) in [5, 5.41) is 11.5. The molecule has 1 unspecified atom stereocenters. The topological polar surface area (TPSA) is 56.1 Å². The Morgan fingerprint density at radius 3 is 2.77 bits per heavy atom. The van der Waals surface area contributed by atoms with Crippen molar-refractivity contribution in [3.05, 3.63) is 0 Å². The van der Waals surface area contributed by atoms with Gasteiger partial charge in [-0.25, -0.2) is 0 Å². The summed E-state index contributed by atoms with van der Waals surface area (Å²) in [6.45, 7) is 3.64. The van der Waals surface area contributed by atoms with Crippen LogP contribution in [0.5, 0.6) is 0 Å². The highest BCUT2D eigenvalue weighted by Crippen LogP contribution is 2.06. The zero-order chi connectivity index (χ0) is 9.84. The summed E-state index contributed by atoms with van der Waals surface area (Å²) in [6.07, 6.45) is 0.588. The van der Waals surface area contributed by atoms with Crippen LogP contribution in [0.1, 0.15) is 13.3 Å². The van der Waals surface area contributed by atoms with Gasteiger partial charge in [0.25, 0.3) is 0 Å². The number of likely N-dealkylation sites (N-methyl/N-ethyl adjacent to an activating group) is 1. The molecular formula is C9H15N3O. The SMILES string of the molecule is CCC(C#N)C(=O)NC1CN(C)C1. The molecule has 1 atom stereocenters. The van der Waals surface area contributed by atoms with Crippen LogP contribution in [0, 0.1) is 17.2 Å². The molecule has 0 saturated carbocycles. The molecule has 1 amide bonds. The minimum Gasteiger partial charge on any atom is -0.350 e. The molecule has 0 radical (unpaired) electrons. The van der Waals surface area contributed by atoms with Crippen molar-refractivity contribution in [1.29, 1.82) is 5.26 Å². The van der Waals surface area contributed by atoms with Crippen LogP contribution in [0.2, 0.25) is 0 Å². The highest BCUT2D eigenvalue weighted by molar-refractivity contribution is 5.81. The zero-order valence-electron chi connectivity index (χ0n) is 8.08. The number of amides is 1. The fourth-order valence-corrected chi connectivity index (χ4v) is 1.43. The van der Waals surface area contributed by atoms with Crippen molar-refractivity contribution in [3.63, 3.8) is 0 Å². The van der Waals surface area contributed by atoms with Crippen LogP contribution < -0.4 is 5.32 Å². The van der Waals surface area contributed by atoms with Gasteiger partial charge in [-0.05, 0) is 13.5 Å². The number of carbonyl (C=O) groups is 1. The van der Waals surface area contributed by atoms with E-state index in [0.717, 1.165) is 13.1 Å². The molecule has 72 valence electrons. The van der Waals surface area contributed by atoms with E-state index in [4.69, 9.17) is 5.26 Å². The normalized spacial score (nSPS) is 20.1. The molecule has 13 heavy (non-hydrogen) atoms. The summed E-state index contributed by atoms with van der Waals surface area (Å²) in [6, 6.07) is 2.24. The molecule has 0 aromatic heterocycles. The standard InChI is InChI=1S/C9H15N3O/c1-3-7(4-10)9(13)11-8-5-12(2)6-8/h7-8H,3,5-6H2,1-2H3,(H,11,13). The first kappa shape index (κ1) is 10.0. The van der Waals surface area contributed by atoms with E-state index >= 15 is 0 Å². The number of hydrogen-bond acceptors (Lipinski definition) is 3. The van der Waals surface area contributed by atoms with E-state index in [0.29, 0.717) is 6.42 Å². The summed E-state index contributed by atoms with van der Waals surface area (Å²) in [4.78, 5) is 13.5. The number of nitrogens with zero attached hydrogens (tertiary/aromatic N) is 2. The first-order valence-corrected chi connectivity index (χ1v) is 4.56. The Morgan fingerprint density at radius 1 is 1.77 bits per heavy atom. The molecule has 1 aliphatic heterocycles. The highest BCUT2D eigenvalue weighted by Gasteiger charge is 2.26. The second-order valence-electron chi connectivity index (χ2n) is 3.52. The molecule has 1 saturated heterocycles. The van der Waals surface area contributed by atoms with E-state index in [1.54, 1.807) is 0 Å². The van der Waals surface area contributed by atoms with Gasteiger partial charge in [0.15, 0.2) is 0 Å². The summed E-state index contributed by atoms with van der Waals surface area (Å²) in [7, 11) is 2.00. The maximum atomic E-state index is 11.4. The number of carbonyl (C=O) groups excluding carboxylic acids is 1. The van der Waals surface area contributed by atoms with E-state index in [1.165, 1.54) is 0 Å². The molecule has 1 N–H and O–H groups in total. The van der Waals surface area contributed by atoms with Crippen LogP contribution >= 0.6 is 0 Å². The van der Waals surface area contributed by atoms with Crippen molar-refractivity contribution in [2.75, 3.05) is 20.1 Å². The predicted octanol–water partition coefficient (Wildman–Crippen LogP) is -0.0336. The van der Waals surface area contributed by atoms with E-state index in [-0.39, 0.29) is 11.9 Å². The minimum absolute atomic E-state index is 0.122. The lowest BCUT2D eigenvalue weighted by Crippen LogP contribution is -2.58. The molecule has 1 fully saturated rings. The van der Waals surface area contributed by atoms with Gasteiger partial charge in [0.2, 0.25) is 5.91 Å². The maximum absolute atomic E-state index is 11.4. The lowest BCUT2D eigenvalue weighted by Gasteiger charge is -2.36. The van der Waals surface area contributed by atoms with Gasteiger partial charge in [0.1, 0.15) is 5.92 Å². The quantitative estimate of drug-likeness (QED) is 0.665. The molecule has 1 heterocycles. The van der Waals surface area contributed by atoms with Crippen molar-refractivity contribution in [2.24, 2.45) is 5.92 Å². The summed E-state index contributed by atoms with van der Waals surface area (Å²) in [5.41, 5.74) is 0. The van der Waals surface area contributed by atoms with Gasteiger partial charge in [0.05, 0.1) is 12.1 Å². The molecule has 0 aromatic carbocycles. The Hall–Kier alpha value is -1.08. The molecule has 1 rings (SSSR count). The molecule has 0 aromatic rings. The van der Waals surface area contributed by atoms with Gasteiger partial charge >= 0.3 is 0 Å². The van der Waals surface area contributed by atoms with Crippen molar-refractivity contribution in [2.45, 2.75) is 19.4 Å². The molecule has 0 bridgehead atoms. The minimum atomic E-state index is -0.481. The van der Waals surface area contributed by atoms with Gasteiger partial charge < -0.3 is 10.2 Å². The fourth-order valence-electron chi connectivity index (χ4n) is 1.43. The number of rotatable bonds is 3. The first-order chi connectivity index (χ1) is 6.17. The van der Waals surface area contributed by atoms with Crippen LogP contribution in [0.3, 0.4) is 0 Å². The van der Waals surface area contributed by atoms with E-state index in [1.807, 2.05) is 20.0 Å². The van der Waals surface area contributed by atoms with Crippen molar-refractivity contribution >= 4 is 5.91 Å². The Balaban J connectivity index is 2.29. The Labute approximate surface area is 78.5 Å². The Morgan fingerprint density at radius 2 is 2.38 bits per heavy atom. The van der Waals surface area contributed by atoms with Crippen LogP contribution in [0.4, 0.5) is 0 Å². The van der Waals surface area contributed by atoms with E-state index < -0.39 is 5.92 Å². The smallest absolute Gasteiger partial charge is 0.237 e. The molecular weight excluding hydrogens is 166 g/mol. The summed E-state index contributed by atoms with van der Waals surface area (Å²) in [5.74, 6) is -0.603. The third kappa shape index (κ3) is 2.43. The van der Waals surface area contributed by atoms with E-state index in [9.17, 15) is 4.79 Å². The number of likely N-dealkylation sites (tertiary alicyclic amines) is 1. The monoisotopic (exact) mass is 181 g/mol. The second kappa shape index (κ2) is 4.24. The van der Waals surface area contributed by atoms with Crippen LogP contribution in [0.25, 0.3) is 0 Å². The van der Waals surface area contributed by atoms with Gasteiger partial charge in [-0.3, -0.25) is 4.79 Å². The third-order valence-corrected chi connectivity index (χ3v) is 2.29. The van der Waals surface area contributed by atoms with Crippen LogP contribution in [-0.2, 0) is 4.79 Å². The van der Waals surface area contributed by atoms with Crippen LogP contribution in [0.15, 0.2) is 0 Å². The molecule has 1 aliphatic rings. The number of nitrogens with one attached hydrogen (secondary N) is 1. The van der Waals surface area contributed by atoms with Crippen molar-refractivity contribution in [3.8, 4) is 6.07 Å². The molecule has 4 nitrogen and oxygen atoms in total.